The third-order valence-electron chi connectivity index (χ3n) is 4.04. The molecule has 0 unspecified atom stereocenters. The first-order valence-electron chi connectivity index (χ1n) is 7.13. The van der Waals surface area contributed by atoms with Gasteiger partial charge in [-0.05, 0) is 38.6 Å². The van der Waals surface area contributed by atoms with Gasteiger partial charge in [0.25, 0.3) is 0 Å². The van der Waals surface area contributed by atoms with E-state index >= 15 is 0 Å². The number of nitrogens with zero attached hydrogens (tertiary/aromatic N) is 2. The average molecular weight is 272 g/mol. The zero-order valence-electron chi connectivity index (χ0n) is 12.7. The monoisotopic (exact) mass is 272 g/mol. The number of hydrogen-bond donors (Lipinski definition) is 1. The molecular formula is C17H24N2O. The van der Waals surface area contributed by atoms with E-state index in [0.717, 1.165) is 31.7 Å². The first kappa shape index (κ1) is 15.1. The number of aliphatic hydroxyl groups is 1. The number of piperazine rings is 1. The van der Waals surface area contributed by atoms with Crippen LogP contribution in [-0.2, 0) is 6.54 Å². The largest absolute Gasteiger partial charge is 0.384 e. The quantitative estimate of drug-likeness (QED) is 0.828. The lowest BCUT2D eigenvalue weighted by Gasteiger charge is -2.45. The Hall–Kier alpha value is -1.34. The van der Waals surface area contributed by atoms with Crippen LogP contribution in [0.25, 0.3) is 0 Å². The lowest BCUT2D eigenvalue weighted by Crippen LogP contribution is -2.57. The van der Waals surface area contributed by atoms with E-state index in [1.165, 1.54) is 5.56 Å². The van der Waals surface area contributed by atoms with Gasteiger partial charge in [-0.3, -0.25) is 9.80 Å². The molecule has 0 atom stereocenters. The van der Waals surface area contributed by atoms with E-state index in [9.17, 15) is 0 Å². The van der Waals surface area contributed by atoms with Crippen molar-refractivity contribution < 1.29 is 5.11 Å². The highest BCUT2D eigenvalue weighted by molar-refractivity contribution is 5.37. The van der Waals surface area contributed by atoms with Crippen LogP contribution in [0.15, 0.2) is 24.3 Å². The summed E-state index contributed by atoms with van der Waals surface area (Å²) in [5, 5.41) is 8.75. The second-order valence-corrected chi connectivity index (χ2v) is 6.10. The standard InChI is InChI=1S/C17H24N2O/c1-17(2)14-19(10-9-18(17)3)13-16-7-4-6-15(12-16)8-5-11-20/h4,6-7,12,20H,9-11,13-14H2,1-3H3. The van der Waals surface area contributed by atoms with Crippen LogP contribution in [0.1, 0.15) is 25.0 Å². The average Bonchev–Trinajstić information content (AvgIpc) is 2.41. The molecule has 0 spiro atoms. The van der Waals surface area contributed by atoms with Crippen LogP contribution in [-0.4, -0.2) is 53.7 Å². The van der Waals surface area contributed by atoms with Crippen LogP contribution in [0.2, 0.25) is 0 Å². The molecule has 108 valence electrons. The van der Waals surface area contributed by atoms with E-state index < -0.39 is 0 Å². The van der Waals surface area contributed by atoms with Crippen molar-refractivity contribution in [3.63, 3.8) is 0 Å². The fourth-order valence-electron chi connectivity index (χ4n) is 2.62. The van der Waals surface area contributed by atoms with Crippen LogP contribution >= 0.6 is 0 Å². The first-order chi connectivity index (χ1) is 9.51. The molecule has 0 radical (unpaired) electrons. The van der Waals surface area contributed by atoms with Crippen LogP contribution in [0.4, 0.5) is 0 Å². The molecule has 1 aliphatic rings. The molecule has 1 aromatic carbocycles. The number of likely N-dealkylation sites (N-methyl/N-ethyl adjacent to an activating group) is 1. The lowest BCUT2D eigenvalue weighted by atomic mass is 9.99. The van der Waals surface area contributed by atoms with Gasteiger partial charge < -0.3 is 5.11 Å². The predicted octanol–water partition coefficient (Wildman–Crippen LogP) is 1.56. The van der Waals surface area contributed by atoms with Crippen molar-refractivity contribution in [3.05, 3.63) is 35.4 Å². The summed E-state index contributed by atoms with van der Waals surface area (Å²) < 4.78 is 0. The van der Waals surface area contributed by atoms with Crippen LogP contribution in [0.3, 0.4) is 0 Å². The molecule has 0 aromatic heterocycles. The molecule has 3 nitrogen and oxygen atoms in total. The molecular weight excluding hydrogens is 248 g/mol. The highest BCUT2D eigenvalue weighted by Crippen LogP contribution is 2.20. The van der Waals surface area contributed by atoms with Gasteiger partial charge >= 0.3 is 0 Å². The van der Waals surface area contributed by atoms with Crippen LogP contribution < -0.4 is 0 Å². The molecule has 0 aliphatic carbocycles. The van der Waals surface area contributed by atoms with Gasteiger partial charge in [0.1, 0.15) is 6.61 Å². The Balaban J connectivity index is 2.03. The fourth-order valence-corrected chi connectivity index (χ4v) is 2.62. The summed E-state index contributed by atoms with van der Waals surface area (Å²) in [4.78, 5) is 4.92. The topological polar surface area (TPSA) is 26.7 Å². The number of hydrogen-bond acceptors (Lipinski definition) is 3. The van der Waals surface area contributed by atoms with E-state index in [0.29, 0.717) is 0 Å². The first-order valence-corrected chi connectivity index (χ1v) is 7.13. The minimum Gasteiger partial charge on any atom is -0.384 e. The third-order valence-corrected chi connectivity index (χ3v) is 4.04. The Bertz CT molecular complexity index is 513. The van der Waals surface area contributed by atoms with Crippen molar-refractivity contribution >= 4 is 0 Å². The van der Waals surface area contributed by atoms with Gasteiger partial charge in [0.15, 0.2) is 0 Å². The van der Waals surface area contributed by atoms with E-state index in [4.69, 9.17) is 5.11 Å². The van der Waals surface area contributed by atoms with E-state index in [2.05, 4.69) is 54.7 Å². The second kappa shape index (κ2) is 6.41. The zero-order chi connectivity index (χ0) is 14.6. The predicted molar refractivity (Wildman–Crippen MR) is 82.4 cm³/mol. The molecule has 0 bridgehead atoms. The third kappa shape index (κ3) is 3.83. The number of benzene rings is 1. The summed E-state index contributed by atoms with van der Waals surface area (Å²) >= 11 is 0. The van der Waals surface area contributed by atoms with E-state index in [1.807, 2.05) is 12.1 Å². The van der Waals surface area contributed by atoms with Gasteiger partial charge in [-0.1, -0.05) is 24.0 Å². The smallest absolute Gasteiger partial charge is 0.104 e. The van der Waals surface area contributed by atoms with E-state index in [-0.39, 0.29) is 12.1 Å². The van der Waals surface area contributed by atoms with Gasteiger partial charge in [-0.2, -0.15) is 0 Å². The van der Waals surface area contributed by atoms with Crippen molar-refractivity contribution in [1.29, 1.82) is 0 Å². The Labute approximate surface area is 122 Å². The SMILES string of the molecule is CN1CCN(Cc2cccc(C#CCO)c2)CC1(C)C. The Kier molecular flexibility index (Phi) is 4.82. The van der Waals surface area contributed by atoms with Gasteiger partial charge in [0.05, 0.1) is 0 Å². The molecule has 2 rings (SSSR count). The number of aliphatic hydroxyl groups excluding tert-OH is 1. The van der Waals surface area contributed by atoms with E-state index in [1.54, 1.807) is 0 Å². The molecule has 1 saturated heterocycles. The van der Waals surface area contributed by atoms with Gasteiger partial charge in [-0.25, -0.2) is 0 Å². The molecule has 1 heterocycles. The Morgan fingerprint density at radius 1 is 1.30 bits per heavy atom. The molecule has 1 aliphatic heterocycles. The van der Waals surface area contributed by atoms with Crippen molar-refractivity contribution in [1.82, 2.24) is 9.80 Å². The zero-order valence-corrected chi connectivity index (χ0v) is 12.7. The minimum atomic E-state index is -0.0864. The molecule has 1 N–H and O–H groups in total. The lowest BCUT2D eigenvalue weighted by molar-refractivity contribution is 0.0360. The summed E-state index contributed by atoms with van der Waals surface area (Å²) in [6.45, 7) is 8.76. The minimum absolute atomic E-state index is 0.0864. The maximum atomic E-state index is 8.75. The Morgan fingerprint density at radius 3 is 2.80 bits per heavy atom. The molecule has 20 heavy (non-hydrogen) atoms. The fraction of sp³-hybridized carbons (Fsp3) is 0.529. The highest BCUT2D eigenvalue weighted by atomic mass is 16.2. The maximum absolute atomic E-state index is 8.75. The summed E-state index contributed by atoms with van der Waals surface area (Å²) in [6, 6.07) is 8.29. The molecule has 1 fully saturated rings. The van der Waals surface area contributed by atoms with Crippen molar-refractivity contribution in [2.45, 2.75) is 25.9 Å². The molecule has 1 aromatic rings. The molecule has 3 heteroatoms. The molecule has 0 saturated carbocycles. The summed E-state index contributed by atoms with van der Waals surface area (Å²) in [7, 11) is 2.20. The van der Waals surface area contributed by atoms with Gasteiger partial charge in [-0.15, -0.1) is 0 Å². The normalized spacial score (nSPS) is 19.4. The maximum Gasteiger partial charge on any atom is 0.104 e. The van der Waals surface area contributed by atoms with Crippen LogP contribution in [0, 0.1) is 11.8 Å². The molecule has 0 amide bonds. The Morgan fingerprint density at radius 2 is 2.10 bits per heavy atom. The second-order valence-electron chi connectivity index (χ2n) is 6.10. The highest BCUT2D eigenvalue weighted by Gasteiger charge is 2.30. The summed E-state index contributed by atoms with van der Waals surface area (Å²) in [5.41, 5.74) is 2.49. The van der Waals surface area contributed by atoms with Crippen molar-refractivity contribution in [2.75, 3.05) is 33.3 Å². The summed E-state index contributed by atoms with van der Waals surface area (Å²) in [5.74, 6) is 5.67. The van der Waals surface area contributed by atoms with Gasteiger partial charge in [0, 0.05) is 37.3 Å². The van der Waals surface area contributed by atoms with Gasteiger partial charge in [0.2, 0.25) is 0 Å². The van der Waals surface area contributed by atoms with Crippen molar-refractivity contribution in [3.8, 4) is 11.8 Å². The number of rotatable bonds is 2. The summed E-state index contributed by atoms with van der Waals surface area (Å²) in [6.07, 6.45) is 0. The van der Waals surface area contributed by atoms with Crippen LogP contribution in [0.5, 0.6) is 0 Å². The van der Waals surface area contributed by atoms with Crippen molar-refractivity contribution in [2.24, 2.45) is 0 Å².